The average molecular weight is 404 g/mol. The van der Waals surface area contributed by atoms with E-state index >= 15 is 0 Å². The molecule has 0 unspecified atom stereocenters. The first kappa shape index (κ1) is 18.2. The fourth-order valence-electron chi connectivity index (χ4n) is 3.56. The molecule has 7 heteroatoms. The average Bonchev–Trinajstić information content (AvgIpc) is 3.12. The van der Waals surface area contributed by atoms with Gasteiger partial charge in [0.05, 0.1) is 16.8 Å². The Kier molecular flexibility index (Phi) is 4.17. The monoisotopic (exact) mass is 404 g/mol. The van der Waals surface area contributed by atoms with Crippen molar-refractivity contribution in [2.24, 2.45) is 0 Å². The summed E-state index contributed by atoms with van der Waals surface area (Å²) in [5.74, 6) is 0.222. The third kappa shape index (κ3) is 3.24. The number of nitrogens with one attached hydrogen (secondary N) is 2. The molecule has 0 amide bonds. The number of fused-ring (bicyclic) bond motifs is 3. The molecule has 0 bridgehead atoms. The van der Waals surface area contributed by atoms with Gasteiger partial charge in [-0.15, -0.1) is 0 Å². The van der Waals surface area contributed by atoms with E-state index in [1.807, 2.05) is 36.4 Å². The summed E-state index contributed by atoms with van der Waals surface area (Å²) in [4.78, 5) is 12.1. The van der Waals surface area contributed by atoms with Crippen LogP contribution in [0.4, 0.5) is 24.8 Å². The van der Waals surface area contributed by atoms with Gasteiger partial charge in [0.1, 0.15) is 0 Å². The van der Waals surface area contributed by atoms with E-state index in [9.17, 15) is 13.2 Å². The number of hydrogen-bond acceptors (Lipinski definition) is 3. The van der Waals surface area contributed by atoms with Crippen molar-refractivity contribution in [3.05, 3.63) is 84.6 Å². The van der Waals surface area contributed by atoms with Crippen molar-refractivity contribution >= 4 is 33.4 Å². The highest BCUT2D eigenvalue weighted by Crippen LogP contribution is 2.33. The molecule has 0 aliphatic carbocycles. The Morgan fingerprint density at radius 1 is 0.833 bits per heavy atom. The SMILES string of the molecule is FC(F)(F)c1cccc(Nc2nccc(-c3cccc4c3[nH]c3ccccc34)n2)c1. The van der Waals surface area contributed by atoms with Crippen LogP contribution in [0, 0.1) is 0 Å². The van der Waals surface area contributed by atoms with Crippen LogP contribution < -0.4 is 5.32 Å². The van der Waals surface area contributed by atoms with Gasteiger partial charge in [-0.1, -0.05) is 42.5 Å². The maximum absolute atomic E-state index is 13.0. The van der Waals surface area contributed by atoms with Crippen molar-refractivity contribution < 1.29 is 13.2 Å². The molecular formula is C23H15F3N4. The van der Waals surface area contributed by atoms with E-state index in [0.717, 1.165) is 39.5 Å². The number of anilines is 2. The van der Waals surface area contributed by atoms with Crippen LogP contribution in [0.3, 0.4) is 0 Å². The van der Waals surface area contributed by atoms with Gasteiger partial charge in [-0.25, -0.2) is 9.97 Å². The van der Waals surface area contributed by atoms with Gasteiger partial charge in [-0.2, -0.15) is 13.2 Å². The van der Waals surface area contributed by atoms with Crippen LogP contribution in [0.15, 0.2) is 79.0 Å². The standard InChI is InChI=1S/C23H15F3N4/c24-23(25,26)14-5-3-6-15(13-14)28-22-27-12-11-20(30-22)18-9-4-8-17-16-7-1-2-10-19(16)29-21(17)18/h1-13,29H,(H,27,28,30). The molecule has 0 radical (unpaired) electrons. The van der Waals surface area contributed by atoms with Crippen LogP contribution in [0.5, 0.6) is 0 Å². The molecule has 2 aromatic heterocycles. The summed E-state index contributed by atoms with van der Waals surface area (Å²) in [7, 11) is 0. The fourth-order valence-corrected chi connectivity index (χ4v) is 3.56. The second kappa shape index (κ2) is 6.88. The predicted molar refractivity (Wildman–Crippen MR) is 112 cm³/mol. The normalized spacial score (nSPS) is 11.8. The third-order valence-electron chi connectivity index (χ3n) is 4.92. The molecule has 0 atom stereocenters. The van der Waals surface area contributed by atoms with Gasteiger partial charge in [-0.3, -0.25) is 0 Å². The van der Waals surface area contributed by atoms with Crippen molar-refractivity contribution in [2.45, 2.75) is 6.18 Å². The number of benzene rings is 3. The van der Waals surface area contributed by atoms with Gasteiger partial charge < -0.3 is 10.3 Å². The van der Waals surface area contributed by atoms with E-state index in [-0.39, 0.29) is 11.6 Å². The molecule has 5 aromatic rings. The Balaban J connectivity index is 1.55. The molecule has 148 valence electrons. The van der Waals surface area contributed by atoms with E-state index in [1.165, 1.54) is 6.07 Å². The van der Waals surface area contributed by atoms with Gasteiger partial charge in [0.25, 0.3) is 0 Å². The van der Waals surface area contributed by atoms with Gasteiger partial charge in [0.2, 0.25) is 5.95 Å². The number of rotatable bonds is 3. The number of H-pyrrole nitrogens is 1. The minimum absolute atomic E-state index is 0.222. The highest BCUT2D eigenvalue weighted by atomic mass is 19.4. The van der Waals surface area contributed by atoms with Crippen molar-refractivity contribution in [1.29, 1.82) is 0 Å². The van der Waals surface area contributed by atoms with E-state index in [4.69, 9.17) is 0 Å². The maximum Gasteiger partial charge on any atom is 0.416 e. The third-order valence-corrected chi connectivity index (χ3v) is 4.92. The molecule has 0 aliphatic rings. The smallest absolute Gasteiger partial charge is 0.354 e. The zero-order valence-corrected chi connectivity index (χ0v) is 15.5. The first-order chi connectivity index (χ1) is 14.5. The molecule has 4 nitrogen and oxygen atoms in total. The molecule has 2 heterocycles. The number of hydrogen-bond donors (Lipinski definition) is 2. The number of halogens is 3. The van der Waals surface area contributed by atoms with Crippen LogP contribution in [0.25, 0.3) is 33.1 Å². The fraction of sp³-hybridized carbons (Fsp3) is 0.0435. The van der Waals surface area contributed by atoms with Crippen LogP contribution >= 0.6 is 0 Å². The zero-order chi connectivity index (χ0) is 20.7. The lowest BCUT2D eigenvalue weighted by molar-refractivity contribution is -0.137. The summed E-state index contributed by atoms with van der Waals surface area (Å²) in [6, 6.07) is 20.7. The van der Waals surface area contributed by atoms with Gasteiger partial charge in [0, 0.05) is 33.7 Å². The summed E-state index contributed by atoms with van der Waals surface area (Å²) < 4.78 is 38.9. The lowest BCUT2D eigenvalue weighted by Gasteiger charge is -2.10. The summed E-state index contributed by atoms with van der Waals surface area (Å²) in [5, 5.41) is 5.06. The largest absolute Gasteiger partial charge is 0.416 e. The second-order valence-electron chi connectivity index (χ2n) is 6.87. The van der Waals surface area contributed by atoms with Gasteiger partial charge in [0.15, 0.2) is 0 Å². The number of aromatic nitrogens is 3. The molecular weight excluding hydrogens is 389 g/mol. The molecule has 3 aromatic carbocycles. The topological polar surface area (TPSA) is 53.6 Å². The Morgan fingerprint density at radius 3 is 2.50 bits per heavy atom. The summed E-state index contributed by atoms with van der Waals surface area (Å²) in [6.45, 7) is 0. The predicted octanol–water partition coefficient (Wildman–Crippen LogP) is 6.54. The van der Waals surface area contributed by atoms with Crippen molar-refractivity contribution in [1.82, 2.24) is 15.0 Å². The Bertz CT molecular complexity index is 1370. The van der Waals surface area contributed by atoms with Gasteiger partial charge in [-0.05, 0) is 30.3 Å². The van der Waals surface area contributed by atoms with Crippen LogP contribution in [0.2, 0.25) is 0 Å². The first-order valence-electron chi connectivity index (χ1n) is 9.26. The quantitative estimate of drug-likeness (QED) is 0.359. The highest BCUT2D eigenvalue weighted by molar-refractivity contribution is 6.11. The van der Waals surface area contributed by atoms with Gasteiger partial charge >= 0.3 is 6.18 Å². The zero-order valence-electron chi connectivity index (χ0n) is 15.5. The lowest BCUT2D eigenvalue weighted by atomic mass is 10.1. The second-order valence-corrected chi connectivity index (χ2v) is 6.87. The number of nitrogens with zero attached hydrogens (tertiary/aromatic N) is 2. The van der Waals surface area contributed by atoms with Crippen molar-refractivity contribution in [3.8, 4) is 11.3 Å². The minimum atomic E-state index is -4.41. The maximum atomic E-state index is 13.0. The molecule has 0 saturated heterocycles. The van der Waals surface area contributed by atoms with Crippen LogP contribution in [-0.2, 0) is 6.18 Å². The molecule has 2 N–H and O–H groups in total. The summed E-state index contributed by atoms with van der Waals surface area (Å²) in [5.41, 5.74) is 3.06. The summed E-state index contributed by atoms with van der Waals surface area (Å²) in [6.07, 6.45) is -2.83. The number of alkyl halides is 3. The first-order valence-corrected chi connectivity index (χ1v) is 9.26. The molecule has 0 aliphatic heterocycles. The Labute approximate surface area is 169 Å². The minimum Gasteiger partial charge on any atom is -0.354 e. The Hall–Kier alpha value is -3.87. The lowest BCUT2D eigenvalue weighted by Crippen LogP contribution is -2.05. The van der Waals surface area contributed by atoms with Crippen LogP contribution in [0.1, 0.15) is 5.56 Å². The number of para-hydroxylation sites is 2. The molecule has 30 heavy (non-hydrogen) atoms. The highest BCUT2D eigenvalue weighted by Gasteiger charge is 2.30. The van der Waals surface area contributed by atoms with Crippen molar-refractivity contribution in [3.63, 3.8) is 0 Å². The molecule has 0 fully saturated rings. The van der Waals surface area contributed by atoms with E-state index in [0.29, 0.717) is 5.69 Å². The summed E-state index contributed by atoms with van der Waals surface area (Å²) >= 11 is 0. The van der Waals surface area contributed by atoms with E-state index in [2.05, 4.69) is 26.3 Å². The molecule has 0 saturated carbocycles. The Morgan fingerprint density at radius 2 is 1.63 bits per heavy atom. The molecule has 0 spiro atoms. The van der Waals surface area contributed by atoms with E-state index < -0.39 is 11.7 Å². The van der Waals surface area contributed by atoms with Crippen molar-refractivity contribution in [2.75, 3.05) is 5.32 Å². The molecule has 5 rings (SSSR count). The van der Waals surface area contributed by atoms with Crippen LogP contribution in [-0.4, -0.2) is 15.0 Å². The van der Waals surface area contributed by atoms with E-state index in [1.54, 1.807) is 18.3 Å². The number of aromatic amines is 1.